The minimum atomic E-state index is -0.423. The Bertz CT molecular complexity index is 238. The third-order valence-corrected chi connectivity index (χ3v) is 2.39. The van der Waals surface area contributed by atoms with Crippen molar-refractivity contribution in [2.24, 2.45) is 23.5 Å². The van der Waals surface area contributed by atoms with Crippen molar-refractivity contribution in [3.8, 4) is 0 Å². The molecule has 0 aromatic rings. The second-order valence-corrected chi connectivity index (χ2v) is 3.17. The first-order valence-corrected chi connectivity index (χ1v) is 4.36. The van der Waals surface area contributed by atoms with E-state index in [2.05, 4.69) is 0 Å². The number of hydrazine groups is 2. The molecule has 0 fully saturated rings. The Morgan fingerprint density at radius 2 is 1.36 bits per heavy atom. The molecule has 0 spiro atoms. The van der Waals surface area contributed by atoms with Crippen LogP contribution in [0.3, 0.4) is 0 Å². The average Bonchev–Trinajstić information content (AvgIpc) is 2.27. The van der Waals surface area contributed by atoms with Gasteiger partial charge in [0, 0.05) is 0 Å². The van der Waals surface area contributed by atoms with E-state index in [4.69, 9.17) is 11.7 Å². The standard InChI is InChI=1S/C8H14N4O2/c9-11-7(13)5-3-1-2-4-6(5)8(14)12-10/h1-2,5-6H,3-4,9-10H2,(H,11,13)(H,12,14)/t5-,6-/m1/s1. The van der Waals surface area contributed by atoms with Crippen LogP contribution in [0.2, 0.25) is 0 Å². The van der Waals surface area contributed by atoms with Gasteiger partial charge in [-0.25, -0.2) is 11.7 Å². The molecule has 0 aliphatic heterocycles. The first-order chi connectivity index (χ1) is 6.70. The highest BCUT2D eigenvalue weighted by Crippen LogP contribution is 2.25. The molecule has 6 N–H and O–H groups in total. The van der Waals surface area contributed by atoms with E-state index >= 15 is 0 Å². The molecule has 6 nitrogen and oxygen atoms in total. The minimum Gasteiger partial charge on any atom is -0.294 e. The number of amides is 2. The molecule has 0 aromatic heterocycles. The quantitative estimate of drug-likeness (QED) is 0.188. The lowest BCUT2D eigenvalue weighted by molar-refractivity contribution is -0.135. The molecule has 78 valence electrons. The van der Waals surface area contributed by atoms with Gasteiger partial charge in [0.15, 0.2) is 0 Å². The molecule has 1 rings (SSSR count). The zero-order valence-electron chi connectivity index (χ0n) is 7.69. The third-order valence-electron chi connectivity index (χ3n) is 2.39. The van der Waals surface area contributed by atoms with E-state index in [1.54, 1.807) is 0 Å². The van der Waals surface area contributed by atoms with Gasteiger partial charge in [-0.05, 0) is 12.8 Å². The Kier molecular flexibility index (Phi) is 3.61. The van der Waals surface area contributed by atoms with Gasteiger partial charge < -0.3 is 0 Å². The zero-order chi connectivity index (χ0) is 10.6. The van der Waals surface area contributed by atoms with Crippen LogP contribution in [-0.2, 0) is 9.59 Å². The first kappa shape index (κ1) is 10.7. The van der Waals surface area contributed by atoms with Crippen molar-refractivity contribution in [1.29, 1.82) is 0 Å². The summed E-state index contributed by atoms with van der Waals surface area (Å²) in [6.07, 6.45) is 4.75. The summed E-state index contributed by atoms with van der Waals surface area (Å²) in [6.45, 7) is 0. The van der Waals surface area contributed by atoms with Gasteiger partial charge in [0.05, 0.1) is 11.8 Å². The number of nitrogens with one attached hydrogen (secondary N) is 2. The summed E-state index contributed by atoms with van der Waals surface area (Å²) in [7, 11) is 0. The molecule has 1 aliphatic carbocycles. The fraction of sp³-hybridized carbons (Fsp3) is 0.500. The smallest absolute Gasteiger partial charge is 0.238 e. The predicted octanol–water partition coefficient (Wildman–Crippen LogP) is -1.45. The molecule has 14 heavy (non-hydrogen) atoms. The van der Waals surface area contributed by atoms with E-state index in [0.29, 0.717) is 12.8 Å². The minimum absolute atomic E-state index is 0.331. The maximum Gasteiger partial charge on any atom is 0.238 e. The van der Waals surface area contributed by atoms with E-state index in [1.165, 1.54) is 0 Å². The SMILES string of the molecule is NNC(=O)[C@@H]1CC=CC[C@H]1C(=O)NN. The van der Waals surface area contributed by atoms with Crippen molar-refractivity contribution >= 4 is 11.8 Å². The van der Waals surface area contributed by atoms with Crippen molar-refractivity contribution in [1.82, 2.24) is 10.9 Å². The van der Waals surface area contributed by atoms with Crippen LogP contribution in [-0.4, -0.2) is 11.8 Å². The molecule has 2 amide bonds. The van der Waals surface area contributed by atoms with Crippen molar-refractivity contribution in [2.75, 3.05) is 0 Å². The lowest BCUT2D eigenvalue weighted by Gasteiger charge is -2.24. The Morgan fingerprint density at radius 1 is 1.00 bits per heavy atom. The molecular formula is C8H14N4O2. The van der Waals surface area contributed by atoms with Crippen LogP contribution in [0.15, 0.2) is 12.2 Å². The van der Waals surface area contributed by atoms with Crippen LogP contribution in [0.25, 0.3) is 0 Å². The normalized spacial score (nSPS) is 25.6. The van der Waals surface area contributed by atoms with Gasteiger partial charge in [0.1, 0.15) is 0 Å². The molecule has 1 aliphatic rings. The maximum atomic E-state index is 11.3. The summed E-state index contributed by atoms with van der Waals surface area (Å²) < 4.78 is 0. The molecule has 0 aromatic carbocycles. The average molecular weight is 198 g/mol. The van der Waals surface area contributed by atoms with E-state index < -0.39 is 11.8 Å². The molecule has 0 saturated heterocycles. The van der Waals surface area contributed by atoms with E-state index in [1.807, 2.05) is 23.0 Å². The highest BCUT2D eigenvalue weighted by Gasteiger charge is 2.33. The summed E-state index contributed by atoms with van der Waals surface area (Å²) in [4.78, 5) is 22.6. The van der Waals surface area contributed by atoms with Crippen LogP contribution in [0.4, 0.5) is 0 Å². The highest BCUT2D eigenvalue weighted by molar-refractivity contribution is 5.87. The number of nitrogens with two attached hydrogens (primary N) is 2. The molecule has 0 bridgehead atoms. The predicted molar refractivity (Wildman–Crippen MR) is 50.0 cm³/mol. The van der Waals surface area contributed by atoms with E-state index in [9.17, 15) is 9.59 Å². The number of carbonyl (C=O) groups is 2. The van der Waals surface area contributed by atoms with Gasteiger partial charge in [0.25, 0.3) is 0 Å². The second kappa shape index (κ2) is 4.73. The number of hydrogen-bond donors (Lipinski definition) is 4. The Morgan fingerprint density at radius 3 is 1.64 bits per heavy atom. The molecule has 0 saturated carbocycles. The largest absolute Gasteiger partial charge is 0.294 e. The van der Waals surface area contributed by atoms with E-state index in [-0.39, 0.29) is 11.8 Å². The van der Waals surface area contributed by atoms with Gasteiger partial charge in [-0.1, -0.05) is 12.2 Å². The van der Waals surface area contributed by atoms with Gasteiger partial charge in [0.2, 0.25) is 11.8 Å². The summed E-state index contributed by atoms with van der Waals surface area (Å²) in [5, 5.41) is 0. The topological polar surface area (TPSA) is 110 Å². The number of allylic oxidation sites excluding steroid dienone is 2. The molecule has 0 heterocycles. The first-order valence-electron chi connectivity index (χ1n) is 4.36. The summed E-state index contributed by atoms with van der Waals surface area (Å²) in [5.74, 6) is 8.53. The van der Waals surface area contributed by atoms with Crippen LogP contribution >= 0.6 is 0 Å². The Hall–Kier alpha value is -1.40. The van der Waals surface area contributed by atoms with Crippen LogP contribution in [0.5, 0.6) is 0 Å². The van der Waals surface area contributed by atoms with Crippen molar-refractivity contribution < 1.29 is 9.59 Å². The van der Waals surface area contributed by atoms with Crippen LogP contribution < -0.4 is 22.5 Å². The van der Waals surface area contributed by atoms with Crippen molar-refractivity contribution in [3.63, 3.8) is 0 Å². The molecule has 2 atom stereocenters. The molecule has 0 unspecified atom stereocenters. The molecule has 0 radical (unpaired) electrons. The fourth-order valence-electron chi connectivity index (χ4n) is 1.61. The van der Waals surface area contributed by atoms with Crippen molar-refractivity contribution in [3.05, 3.63) is 12.2 Å². The number of rotatable bonds is 2. The van der Waals surface area contributed by atoms with Crippen molar-refractivity contribution in [2.45, 2.75) is 12.8 Å². The number of hydrogen-bond acceptors (Lipinski definition) is 4. The lowest BCUT2D eigenvalue weighted by Crippen LogP contribution is -2.46. The van der Waals surface area contributed by atoms with Crippen LogP contribution in [0, 0.1) is 11.8 Å². The lowest BCUT2D eigenvalue weighted by atomic mass is 9.82. The van der Waals surface area contributed by atoms with Gasteiger partial charge in [-0.3, -0.25) is 20.4 Å². The van der Waals surface area contributed by atoms with Gasteiger partial charge >= 0.3 is 0 Å². The summed E-state index contributed by atoms with van der Waals surface area (Å²) in [6, 6.07) is 0. The Labute approximate surface area is 81.6 Å². The third kappa shape index (κ3) is 2.09. The monoisotopic (exact) mass is 198 g/mol. The fourth-order valence-corrected chi connectivity index (χ4v) is 1.61. The van der Waals surface area contributed by atoms with Gasteiger partial charge in [-0.15, -0.1) is 0 Å². The van der Waals surface area contributed by atoms with Crippen LogP contribution in [0.1, 0.15) is 12.8 Å². The second-order valence-electron chi connectivity index (χ2n) is 3.17. The maximum absolute atomic E-state index is 11.3. The highest BCUT2D eigenvalue weighted by atomic mass is 16.2. The summed E-state index contributed by atoms with van der Waals surface area (Å²) in [5.41, 5.74) is 4.10. The number of carbonyl (C=O) groups excluding carboxylic acids is 2. The van der Waals surface area contributed by atoms with E-state index in [0.717, 1.165) is 0 Å². The zero-order valence-corrected chi connectivity index (χ0v) is 7.69. The molecular weight excluding hydrogens is 184 g/mol. The van der Waals surface area contributed by atoms with Gasteiger partial charge in [-0.2, -0.15) is 0 Å². The summed E-state index contributed by atoms with van der Waals surface area (Å²) >= 11 is 0. The Balaban J connectivity index is 2.75. The molecule has 6 heteroatoms.